The van der Waals surface area contributed by atoms with Crippen LogP contribution in [-0.4, -0.2) is 6.29 Å². The van der Waals surface area contributed by atoms with E-state index in [2.05, 4.69) is 6.07 Å². The number of hydrogen-bond acceptors (Lipinski definition) is 2. The molecule has 0 unspecified atom stereocenters. The van der Waals surface area contributed by atoms with Crippen molar-refractivity contribution in [2.45, 2.75) is 6.92 Å². The predicted octanol–water partition coefficient (Wildman–Crippen LogP) is 3.71. The van der Waals surface area contributed by atoms with Crippen LogP contribution in [-0.2, 0) is 0 Å². The standard InChI is InChI=1S/C14H10O2/c1-9-2-4-13-11(6-9)12-7-10(8-15)3-5-14(12)16-13/h2-8H,1H3. The second-order valence-corrected chi connectivity index (χ2v) is 3.98. The van der Waals surface area contributed by atoms with Crippen LogP contribution < -0.4 is 0 Å². The minimum atomic E-state index is 0.678. The zero-order valence-corrected chi connectivity index (χ0v) is 8.86. The van der Waals surface area contributed by atoms with E-state index in [0.29, 0.717) is 5.56 Å². The van der Waals surface area contributed by atoms with Crippen molar-refractivity contribution >= 4 is 28.2 Å². The van der Waals surface area contributed by atoms with Gasteiger partial charge >= 0.3 is 0 Å². The minimum absolute atomic E-state index is 0.678. The third-order valence-electron chi connectivity index (χ3n) is 2.78. The van der Waals surface area contributed by atoms with Crippen LogP contribution in [0.3, 0.4) is 0 Å². The molecule has 0 aliphatic rings. The second kappa shape index (κ2) is 3.20. The fraction of sp³-hybridized carbons (Fsp3) is 0.0714. The van der Waals surface area contributed by atoms with E-state index in [1.165, 1.54) is 5.56 Å². The number of aldehydes is 1. The fourth-order valence-electron chi connectivity index (χ4n) is 1.98. The quantitative estimate of drug-likeness (QED) is 0.573. The molecule has 0 N–H and O–H groups in total. The van der Waals surface area contributed by atoms with Crippen LogP contribution in [0.4, 0.5) is 0 Å². The summed E-state index contributed by atoms with van der Waals surface area (Å²) in [5, 5.41) is 2.07. The smallest absolute Gasteiger partial charge is 0.150 e. The minimum Gasteiger partial charge on any atom is -0.456 e. The maximum atomic E-state index is 10.7. The molecule has 16 heavy (non-hydrogen) atoms. The fourth-order valence-corrected chi connectivity index (χ4v) is 1.98. The summed E-state index contributed by atoms with van der Waals surface area (Å²) in [6.45, 7) is 2.04. The third-order valence-corrected chi connectivity index (χ3v) is 2.78. The predicted molar refractivity (Wildman–Crippen MR) is 63.8 cm³/mol. The number of furan rings is 1. The van der Waals surface area contributed by atoms with E-state index < -0.39 is 0 Å². The maximum absolute atomic E-state index is 10.7. The van der Waals surface area contributed by atoms with Crippen molar-refractivity contribution < 1.29 is 9.21 Å². The SMILES string of the molecule is Cc1ccc2oc3ccc(C=O)cc3c2c1. The summed E-state index contributed by atoms with van der Waals surface area (Å²) in [7, 11) is 0. The zero-order valence-electron chi connectivity index (χ0n) is 8.86. The van der Waals surface area contributed by atoms with Crippen molar-refractivity contribution in [3.05, 3.63) is 47.5 Å². The topological polar surface area (TPSA) is 30.2 Å². The van der Waals surface area contributed by atoms with Gasteiger partial charge < -0.3 is 4.42 Å². The van der Waals surface area contributed by atoms with Crippen molar-refractivity contribution in [1.29, 1.82) is 0 Å². The van der Waals surface area contributed by atoms with Crippen LogP contribution in [0.1, 0.15) is 15.9 Å². The molecule has 0 saturated carbocycles. The summed E-state index contributed by atoms with van der Waals surface area (Å²) in [6, 6.07) is 11.5. The normalized spacial score (nSPS) is 11.1. The Labute approximate surface area is 92.5 Å². The molecular weight excluding hydrogens is 200 g/mol. The van der Waals surface area contributed by atoms with Crippen LogP contribution >= 0.6 is 0 Å². The van der Waals surface area contributed by atoms with Gasteiger partial charge in [0, 0.05) is 16.3 Å². The number of carbonyl (C=O) groups is 1. The Kier molecular flexibility index (Phi) is 1.83. The summed E-state index contributed by atoms with van der Waals surface area (Å²) >= 11 is 0. The summed E-state index contributed by atoms with van der Waals surface area (Å²) in [5.41, 5.74) is 3.55. The lowest BCUT2D eigenvalue weighted by Gasteiger charge is -1.92. The van der Waals surface area contributed by atoms with Crippen LogP contribution in [0.2, 0.25) is 0 Å². The lowest BCUT2D eigenvalue weighted by Crippen LogP contribution is -1.77. The average Bonchev–Trinajstić information content (AvgIpc) is 2.66. The van der Waals surface area contributed by atoms with Crippen LogP contribution in [0, 0.1) is 6.92 Å². The molecule has 0 fully saturated rings. The van der Waals surface area contributed by atoms with Gasteiger partial charge in [0.1, 0.15) is 17.5 Å². The van der Waals surface area contributed by atoms with E-state index in [1.54, 1.807) is 6.07 Å². The van der Waals surface area contributed by atoms with E-state index in [1.807, 2.05) is 31.2 Å². The molecule has 0 bridgehead atoms. The lowest BCUT2D eigenvalue weighted by molar-refractivity contribution is 0.112. The summed E-state index contributed by atoms with van der Waals surface area (Å²) < 4.78 is 5.69. The van der Waals surface area contributed by atoms with E-state index in [0.717, 1.165) is 28.2 Å². The Morgan fingerprint density at radius 1 is 1.00 bits per heavy atom. The van der Waals surface area contributed by atoms with Gasteiger partial charge in [0.2, 0.25) is 0 Å². The van der Waals surface area contributed by atoms with Gasteiger partial charge in [0.15, 0.2) is 0 Å². The monoisotopic (exact) mass is 210 g/mol. The highest BCUT2D eigenvalue weighted by molar-refractivity contribution is 6.06. The van der Waals surface area contributed by atoms with E-state index in [-0.39, 0.29) is 0 Å². The highest BCUT2D eigenvalue weighted by Crippen LogP contribution is 2.29. The first-order valence-electron chi connectivity index (χ1n) is 5.16. The molecule has 0 atom stereocenters. The molecule has 0 aliphatic heterocycles. The maximum Gasteiger partial charge on any atom is 0.150 e. The van der Waals surface area contributed by atoms with Crippen molar-refractivity contribution in [1.82, 2.24) is 0 Å². The van der Waals surface area contributed by atoms with Gasteiger partial charge in [0.25, 0.3) is 0 Å². The van der Waals surface area contributed by atoms with Crippen molar-refractivity contribution in [3.8, 4) is 0 Å². The third kappa shape index (κ3) is 1.23. The van der Waals surface area contributed by atoms with Crippen molar-refractivity contribution in [3.63, 3.8) is 0 Å². The molecule has 2 heteroatoms. The molecule has 1 aromatic heterocycles. The molecule has 78 valence electrons. The van der Waals surface area contributed by atoms with Gasteiger partial charge in [0.05, 0.1) is 0 Å². The Hall–Kier alpha value is -2.09. The molecular formula is C14H10O2. The molecule has 3 aromatic rings. The highest BCUT2D eigenvalue weighted by atomic mass is 16.3. The van der Waals surface area contributed by atoms with Gasteiger partial charge in [-0.1, -0.05) is 11.6 Å². The van der Waals surface area contributed by atoms with E-state index in [4.69, 9.17) is 4.42 Å². The number of benzene rings is 2. The molecule has 3 rings (SSSR count). The van der Waals surface area contributed by atoms with Gasteiger partial charge in [-0.15, -0.1) is 0 Å². The van der Waals surface area contributed by atoms with Crippen LogP contribution in [0.15, 0.2) is 40.8 Å². The van der Waals surface area contributed by atoms with Gasteiger partial charge in [-0.2, -0.15) is 0 Å². The Balaban J connectivity index is 2.49. The first-order chi connectivity index (χ1) is 7.78. The molecule has 0 spiro atoms. The molecule has 2 aromatic carbocycles. The molecule has 0 radical (unpaired) electrons. The first-order valence-corrected chi connectivity index (χ1v) is 5.16. The number of aryl methyl sites for hydroxylation is 1. The van der Waals surface area contributed by atoms with Crippen LogP contribution in [0.25, 0.3) is 21.9 Å². The Morgan fingerprint density at radius 3 is 2.44 bits per heavy atom. The molecule has 1 heterocycles. The number of rotatable bonds is 1. The number of carbonyl (C=O) groups excluding carboxylic acids is 1. The van der Waals surface area contributed by atoms with Crippen molar-refractivity contribution in [2.24, 2.45) is 0 Å². The summed E-state index contributed by atoms with van der Waals surface area (Å²) in [4.78, 5) is 10.7. The summed E-state index contributed by atoms with van der Waals surface area (Å²) in [5.74, 6) is 0. The van der Waals surface area contributed by atoms with E-state index >= 15 is 0 Å². The largest absolute Gasteiger partial charge is 0.456 e. The van der Waals surface area contributed by atoms with Gasteiger partial charge in [-0.25, -0.2) is 0 Å². The Morgan fingerprint density at radius 2 is 1.69 bits per heavy atom. The number of hydrogen-bond donors (Lipinski definition) is 0. The Bertz CT molecular complexity index is 692. The molecule has 0 aliphatic carbocycles. The highest BCUT2D eigenvalue weighted by Gasteiger charge is 2.07. The summed E-state index contributed by atoms with van der Waals surface area (Å²) in [6.07, 6.45) is 0.855. The first kappa shape index (κ1) is 9.16. The van der Waals surface area contributed by atoms with Crippen molar-refractivity contribution in [2.75, 3.05) is 0 Å². The van der Waals surface area contributed by atoms with Gasteiger partial charge in [-0.05, 0) is 37.3 Å². The number of fused-ring (bicyclic) bond motifs is 3. The van der Waals surface area contributed by atoms with E-state index in [9.17, 15) is 4.79 Å². The average molecular weight is 210 g/mol. The van der Waals surface area contributed by atoms with Gasteiger partial charge in [-0.3, -0.25) is 4.79 Å². The molecule has 0 amide bonds. The second-order valence-electron chi connectivity index (χ2n) is 3.98. The lowest BCUT2D eigenvalue weighted by atomic mass is 10.1. The molecule has 0 saturated heterocycles. The van der Waals surface area contributed by atoms with Crippen LogP contribution in [0.5, 0.6) is 0 Å². The molecule has 2 nitrogen and oxygen atoms in total. The zero-order chi connectivity index (χ0) is 11.1.